The molecule has 1 heteroatoms. The lowest BCUT2D eigenvalue weighted by molar-refractivity contribution is 0.487. The molecule has 1 heterocycles. The fourth-order valence-corrected chi connectivity index (χ4v) is 8.97. The van der Waals surface area contributed by atoms with E-state index < -0.39 is 5.41 Å². The van der Waals surface area contributed by atoms with E-state index in [0.29, 0.717) is 0 Å². The number of hydrogen-bond donors (Lipinski definition) is 0. The molecule has 8 aromatic rings. The summed E-state index contributed by atoms with van der Waals surface area (Å²) in [4.78, 5) is 0. The van der Waals surface area contributed by atoms with Crippen LogP contribution in [0.2, 0.25) is 0 Å². The average Bonchev–Trinajstić information content (AvgIpc) is 3.41. The predicted octanol–water partition coefficient (Wildman–Crippen LogP) is 11.8. The van der Waals surface area contributed by atoms with Gasteiger partial charge in [-0.2, -0.15) is 0 Å². The standard InChI is InChI=1S/C45H26O/c1-4-21-37-31(14-1)34-18-7-11-27-12-9-23-39(42(27)34)45(37)38-22-5-2-15-32(38)36-20-10-17-30(44(36)45)29-25-28-13-8-19-35-33-16-3-6-24-40(33)46-41(26-29)43(28)35/h1-26H. The van der Waals surface area contributed by atoms with Crippen LogP contribution >= 0.6 is 0 Å². The van der Waals surface area contributed by atoms with Gasteiger partial charge in [0.1, 0.15) is 11.5 Å². The zero-order valence-electron chi connectivity index (χ0n) is 24.9. The number of rotatable bonds is 1. The highest BCUT2D eigenvalue weighted by Crippen LogP contribution is 2.63. The van der Waals surface area contributed by atoms with Crippen molar-refractivity contribution in [3.05, 3.63) is 180 Å². The second kappa shape index (κ2) is 8.62. The maximum atomic E-state index is 6.68. The topological polar surface area (TPSA) is 9.23 Å². The molecule has 1 unspecified atom stereocenters. The highest BCUT2D eigenvalue weighted by Gasteiger charge is 2.51. The summed E-state index contributed by atoms with van der Waals surface area (Å²) in [6.45, 7) is 0. The summed E-state index contributed by atoms with van der Waals surface area (Å²) >= 11 is 0. The maximum Gasteiger partial charge on any atom is 0.136 e. The van der Waals surface area contributed by atoms with Gasteiger partial charge >= 0.3 is 0 Å². The molecule has 0 N–H and O–H groups in total. The van der Waals surface area contributed by atoms with Crippen LogP contribution in [0.1, 0.15) is 22.3 Å². The minimum atomic E-state index is -0.478. The van der Waals surface area contributed by atoms with Crippen molar-refractivity contribution in [2.24, 2.45) is 0 Å². The average molecular weight is 583 g/mol. The molecule has 0 fully saturated rings. The van der Waals surface area contributed by atoms with Crippen molar-refractivity contribution in [3.63, 3.8) is 0 Å². The molecule has 0 radical (unpaired) electrons. The molecule has 8 aromatic carbocycles. The van der Waals surface area contributed by atoms with Gasteiger partial charge in [-0.1, -0.05) is 140 Å². The van der Waals surface area contributed by atoms with E-state index in [-0.39, 0.29) is 0 Å². The lowest BCUT2D eigenvalue weighted by atomic mass is 9.60. The maximum absolute atomic E-state index is 6.68. The fourth-order valence-electron chi connectivity index (χ4n) is 8.97. The third-order valence-electron chi connectivity index (χ3n) is 10.6. The van der Waals surface area contributed by atoms with Crippen LogP contribution in [0.25, 0.3) is 66.1 Å². The first-order valence-electron chi connectivity index (χ1n) is 16.0. The Kier molecular flexibility index (Phi) is 4.57. The van der Waals surface area contributed by atoms with E-state index in [0.717, 1.165) is 17.1 Å². The molecule has 1 atom stereocenters. The number of ether oxygens (including phenoxy) is 1. The van der Waals surface area contributed by atoms with Crippen molar-refractivity contribution in [2.45, 2.75) is 5.41 Å². The fraction of sp³-hybridized carbons (Fsp3) is 0.0222. The first-order valence-corrected chi connectivity index (χ1v) is 16.0. The summed E-state index contributed by atoms with van der Waals surface area (Å²) in [6.07, 6.45) is 0. The molecule has 11 rings (SSSR count). The van der Waals surface area contributed by atoms with Crippen molar-refractivity contribution in [1.29, 1.82) is 0 Å². The molecule has 3 aliphatic rings. The van der Waals surface area contributed by atoms with Gasteiger partial charge in [0.25, 0.3) is 0 Å². The van der Waals surface area contributed by atoms with Crippen LogP contribution < -0.4 is 4.74 Å². The summed E-state index contributed by atoms with van der Waals surface area (Å²) in [5.74, 6) is 1.83. The van der Waals surface area contributed by atoms with E-state index in [4.69, 9.17) is 4.74 Å². The van der Waals surface area contributed by atoms with Gasteiger partial charge in [-0.05, 0) is 95.6 Å². The summed E-state index contributed by atoms with van der Waals surface area (Å²) < 4.78 is 6.68. The van der Waals surface area contributed by atoms with Crippen LogP contribution in [-0.2, 0) is 5.41 Å². The highest BCUT2D eigenvalue weighted by molar-refractivity contribution is 6.09. The molecule has 0 bridgehead atoms. The van der Waals surface area contributed by atoms with Crippen LogP contribution in [0.5, 0.6) is 11.5 Å². The molecular formula is C45H26O. The summed E-state index contributed by atoms with van der Waals surface area (Å²) in [5, 5.41) is 5.00. The molecule has 1 nitrogen and oxygen atoms in total. The number of fused-ring (bicyclic) bond motifs is 11. The SMILES string of the molecule is c1ccc2c(c1)Oc1cc(-c3cccc4c3C3(c5ccccc5-4)c4ccccc4-c4cccc5cccc3c45)cc3cccc-2c13. The van der Waals surface area contributed by atoms with Crippen LogP contribution in [-0.4, -0.2) is 0 Å². The summed E-state index contributed by atoms with van der Waals surface area (Å²) in [6, 6.07) is 58.3. The van der Waals surface area contributed by atoms with Crippen LogP contribution in [0.15, 0.2) is 158 Å². The highest BCUT2D eigenvalue weighted by atomic mass is 16.5. The second-order valence-corrected chi connectivity index (χ2v) is 12.8. The van der Waals surface area contributed by atoms with Gasteiger partial charge in [0.15, 0.2) is 0 Å². The molecule has 0 saturated heterocycles. The van der Waals surface area contributed by atoms with E-state index in [1.54, 1.807) is 0 Å². The first kappa shape index (κ1) is 24.4. The summed E-state index contributed by atoms with van der Waals surface area (Å²) in [7, 11) is 0. The minimum absolute atomic E-state index is 0.478. The molecule has 212 valence electrons. The van der Waals surface area contributed by atoms with Gasteiger partial charge in [-0.15, -0.1) is 0 Å². The molecule has 0 aromatic heterocycles. The normalized spacial score (nSPS) is 16.1. The van der Waals surface area contributed by atoms with E-state index in [2.05, 4.69) is 158 Å². The Balaban J connectivity index is 1.29. The van der Waals surface area contributed by atoms with Gasteiger partial charge < -0.3 is 4.74 Å². The van der Waals surface area contributed by atoms with Crippen molar-refractivity contribution in [3.8, 4) is 56.0 Å². The second-order valence-electron chi connectivity index (χ2n) is 12.8. The quantitative estimate of drug-likeness (QED) is 0.187. The van der Waals surface area contributed by atoms with E-state index in [1.807, 2.05) is 0 Å². The first-order chi connectivity index (χ1) is 22.8. The molecule has 0 saturated carbocycles. The predicted molar refractivity (Wildman–Crippen MR) is 189 cm³/mol. The van der Waals surface area contributed by atoms with Crippen molar-refractivity contribution in [1.82, 2.24) is 0 Å². The monoisotopic (exact) mass is 582 g/mol. The van der Waals surface area contributed by atoms with Gasteiger partial charge in [0.05, 0.1) is 5.41 Å². The van der Waals surface area contributed by atoms with Crippen LogP contribution in [0.3, 0.4) is 0 Å². The number of para-hydroxylation sites is 1. The molecule has 0 amide bonds. The number of hydrogen-bond acceptors (Lipinski definition) is 1. The third-order valence-corrected chi connectivity index (χ3v) is 10.6. The lowest BCUT2D eigenvalue weighted by Crippen LogP contribution is -2.32. The van der Waals surface area contributed by atoms with Crippen LogP contribution in [0, 0.1) is 0 Å². The van der Waals surface area contributed by atoms with Crippen molar-refractivity contribution >= 4 is 21.5 Å². The Labute approximate surface area is 267 Å². The molecule has 2 aliphatic carbocycles. The smallest absolute Gasteiger partial charge is 0.136 e. The molecular weight excluding hydrogens is 556 g/mol. The summed E-state index contributed by atoms with van der Waals surface area (Å²) in [5.41, 5.74) is 14.9. The minimum Gasteiger partial charge on any atom is -0.456 e. The zero-order chi connectivity index (χ0) is 30.0. The Morgan fingerprint density at radius 1 is 0.348 bits per heavy atom. The Morgan fingerprint density at radius 2 is 0.891 bits per heavy atom. The Hall–Kier alpha value is -5.92. The molecule has 1 aliphatic heterocycles. The van der Waals surface area contributed by atoms with E-state index in [9.17, 15) is 0 Å². The zero-order valence-corrected chi connectivity index (χ0v) is 24.9. The van der Waals surface area contributed by atoms with Gasteiger partial charge in [-0.25, -0.2) is 0 Å². The van der Waals surface area contributed by atoms with Gasteiger partial charge in [0, 0.05) is 10.9 Å². The lowest BCUT2D eigenvalue weighted by Gasteiger charge is -2.41. The van der Waals surface area contributed by atoms with Crippen LogP contribution in [0.4, 0.5) is 0 Å². The van der Waals surface area contributed by atoms with Gasteiger partial charge in [0.2, 0.25) is 0 Å². The number of benzene rings is 8. The van der Waals surface area contributed by atoms with Crippen molar-refractivity contribution < 1.29 is 4.74 Å². The van der Waals surface area contributed by atoms with Gasteiger partial charge in [-0.3, -0.25) is 0 Å². The third kappa shape index (κ3) is 2.87. The molecule has 46 heavy (non-hydrogen) atoms. The van der Waals surface area contributed by atoms with E-state index >= 15 is 0 Å². The largest absolute Gasteiger partial charge is 0.456 e. The molecule has 1 spiro atoms. The Morgan fingerprint density at radius 3 is 1.70 bits per heavy atom. The van der Waals surface area contributed by atoms with E-state index in [1.165, 1.54) is 82.7 Å². The Bertz CT molecular complexity index is 2620. The van der Waals surface area contributed by atoms with Crippen molar-refractivity contribution in [2.75, 3.05) is 0 Å².